The Morgan fingerprint density at radius 3 is 0.875 bits per heavy atom. The number of carbonyl (C=O) groups is 3. The summed E-state index contributed by atoms with van der Waals surface area (Å²) in [5.74, 6) is -0.907. The van der Waals surface area contributed by atoms with Gasteiger partial charge in [0.25, 0.3) is 0 Å². The first kappa shape index (κ1) is 69.1. The highest BCUT2D eigenvalue weighted by atomic mass is 16.6. The van der Waals surface area contributed by atoms with Crippen LogP contribution in [-0.2, 0) is 28.6 Å². The third-order valence-electron chi connectivity index (χ3n) is 13.8. The molecule has 0 aromatic heterocycles. The van der Waals surface area contributed by atoms with E-state index in [1.165, 1.54) is 186 Å². The third kappa shape index (κ3) is 58.0. The molecule has 0 N–H and O–H groups in total. The maximum absolute atomic E-state index is 12.9. The van der Waals surface area contributed by atoms with Gasteiger partial charge in [-0.25, -0.2) is 0 Å². The summed E-state index contributed by atoms with van der Waals surface area (Å²) in [6.45, 7) is 6.52. The summed E-state index contributed by atoms with van der Waals surface area (Å²) < 4.78 is 16.9. The van der Waals surface area contributed by atoms with E-state index in [1.54, 1.807) is 0 Å². The van der Waals surface area contributed by atoms with Crippen LogP contribution in [0.1, 0.15) is 323 Å². The Labute approximate surface area is 447 Å². The van der Waals surface area contributed by atoms with E-state index in [9.17, 15) is 14.4 Å². The fourth-order valence-electron chi connectivity index (χ4n) is 9.08. The first-order chi connectivity index (χ1) is 35.5. The first-order valence-electron chi connectivity index (χ1n) is 31.3. The molecule has 0 aromatic carbocycles. The van der Waals surface area contributed by atoms with Crippen LogP contribution in [0.25, 0.3) is 0 Å². The maximum Gasteiger partial charge on any atom is 0.306 e. The Kier molecular flexibility index (Phi) is 58.2. The van der Waals surface area contributed by atoms with Gasteiger partial charge >= 0.3 is 17.9 Å². The van der Waals surface area contributed by atoms with Crippen LogP contribution in [0.15, 0.2) is 60.8 Å². The molecule has 0 fully saturated rings. The number of unbranched alkanes of at least 4 members (excludes halogenated alkanes) is 36. The number of rotatable bonds is 57. The van der Waals surface area contributed by atoms with Gasteiger partial charge in [-0.05, 0) is 83.5 Å². The topological polar surface area (TPSA) is 78.9 Å². The Bertz CT molecular complexity index is 1290. The molecule has 0 bridgehead atoms. The Hall–Kier alpha value is -2.89. The number of allylic oxidation sites excluding steroid dienone is 10. The molecule has 0 spiro atoms. The average molecular weight is 1010 g/mol. The standard InChI is InChI=1S/C66H118O6/c1-4-7-10-13-16-19-22-25-27-29-31-32-33-34-35-37-38-41-44-47-50-53-56-59-65(68)71-62-63(61-70-64(67)58-55-52-49-46-43-40-24-21-18-15-12-9-6-3)72-66(69)60-57-54-51-48-45-42-39-36-30-28-26-23-20-17-14-11-8-5-2/h9,12,18,20-21,23,28,30,40,43,63H,4-8,10-11,13-17,19,22,24-27,29,31-39,41-42,44-62H2,1-3H3/b12-9-,21-18-,23-20-,30-28-,43-40-. The van der Waals surface area contributed by atoms with Crippen molar-refractivity contribution in [1.82, 2.24) is 0 Å². The number of hydrogen-bond acceptors (Lipinski definition) is 6. The van der Waals surface area contributed by atoms with Crippen molar-refractivity contribution in [2.75, 3.05) is 13.2 Å². The van der Waals surface area contributed by atoms with Crippen molar-refractivity contribution in [1.29, 1.82) is 0 Å². The molecule has 0 aliphatic heterocycles. The lowest BCUT2D eigenvalue weighted by molar-refractivity contribution is -0.167. The fraction of sp³-hybridized carbons (Fsp3) is 0.803. The van der Waals surface area contributed by atoms with Crippen molar-refractivity contribution in [2.24, 2.45) is 0 Å². The van der Waals surface area contributed by atoms with E-state index in [0.29, 0.717) is 19.3 Å². The van der Waals surface area contributed by atoms with Crippen molar-refractivity contribution < 1.29 is 28.6 Å². The number of carbonyl (C=O) groups excluding carboxylic acids is 3. The van der Waals surface area contributed by atoms with E-state index in [1.807, 2.05) is 0 Å². The summed E-state index contributed by atoms with van der Waals surface area (Å²) in [4.78, 5) is 38.2. The third-order valence-corrected chi connectivity index (χ3v) is 13.8. The molecule has 1 atom stereocenters. The van der Waals surface area contributed by atoms with Crippen LogP contribution >= 0.6 is 0 Å². The van der Waals surface area contributed by atoms with E-state index in [2.05, 4.69) is 81.5 Å². The van der Waals surface area contributed by atoms with Gasteiger partial charge in [0.05, 0.1) is 0 Å². The second kappa shape index (κ2) is 60.7. The predicted octanol–water partition coefficient (Wildman–Crippen LogP) is 21.2. The minimum atomic E-state index is -0.790. The van der Waals surface area contributed by atoms with Gasteiger partial charge in [0, 0.05) is 19.3 Å². The average Bonchev–Trinajstić information content (AvgIpc) is 3.38. The minimum Gasteiger partial charge on any atom is -0.462 e. The largest absolute Gasteiger partial charge is 0.462 e. The molecule has 1 unspecified atom stereocenters. The van der Waals surface area contributed by atoms with Gasteiger partial charge in [0.2, 0.25) is 0 Å². The van der Waals surface area contributed by atoms with Crippen LogP contribution in [-0.4, -0.2) is 37.2 Å². The molecule has 0 amide bonds. The Morgan fingerprint density at radius 1 is 0.292 bits per heavy atom. The zero-order valence-electron chi connectivity index (χ0n) is 47.9. The molecule has 72 heavy (non-hydrogen) atoms. The van der Waals surface area contributed by atoms with Crippen LogP contribution in [0.4, 0.5) is 0 Å². The Balaban J connectivity index is 4.31. The molecule has 6 nitrogen and oxygen atoms in total. The highest BCUT2D eigenvalue weighted by Crippen LogP contribution is 2.17. The van der Waals surface area contributed by atoms with Gasteiger partial charge < -0.3 is 14.2 Å². The predicted molar refractivity (Wildman–Crippen MR) is 312 cm³/mol. The number of ether oxygens (including phenoxy) is 3. The van der Waals surface area contributed by atoms with E-state index in [4.69, 9.17) is 14.2 Å². The van der Waals surface area contributed by atoms with E-state index in [-0.39, 0.29) is 31.1 Å². The van der Waals surface area contributed by atoms with Gasteiger partial charge in [-0.15, -0.1) is 0 Å². The number of hydrogen-bond donors (Lipinski definition) is 0. The lowest BCUT2D eigenvalue weighted by Crippen LogP contribution is -2.30. The summed E-state index contributed by atoms with van der Waals surface area (Å²) in [5.41, 5.74) is 0. The van der Waals surface area contributed by atoms with Crippen molar-refractivity contribution in [3.63, 3.8) is 0 Å². The van der Waals surface area contributed by atoms with Gasteiger partial charge in [-0.1, -0.05) is 281 Å². The molecular formula is C66H118O6. The SMILES string of the molecule is CC/C=C\C/C=C\C/C=C\CCCCCC(=O)OCC(COC(=O)CCCCCCCCCCCCCCCCCCCCCCCCC)OC(=O)CCCCCCCCC/C=C\C/C=C\CCCCCC. The quantitative estimate of drug-likeness (QED) is 0.0261. The highest BCUT2D eigenvalue weighted by Gasteiger charge is 2.19. The van der Waals surface area contributed by atoms with Crippen molar-refractivity contribution in [2.45, 2.75) is 329 Å². The Morgan fingerprint density at radius 2 is 0.542 bits per heavy atom. The van der Waals surface area contributed by atoms with Crippen molar-refractivity contribution in [3.05, 3.63) is 60.8 Å². The lowest BCUT2D eigenvalue weighted by Gasteiger charge is -2.18. The monoisotopic (exact) mass is 1010 g/mol. The smallest absolute Gasteiger partial charge is 0.306 e. The van der Waals surface area contributed by atoms with Crippen LogP contribution in [0.5, 0.6) is 0 Å². The zero-order chi connectivity index (χ0) is 52.2. The second-order valence-corrected chi connectivity index (χ2v) is 20.9. The molecule has 0 aromatic rings. The molecule has 0 saturated carbocycles. The van der Waals surface area contributed by atoms with Crippen LogP contribution in [0.3, 0.4) is 0 Å². The van der Waals surface area contributed by atoms with E-state index >= 15 is 0 Å². The molecule has 418 valence electrons. The lowest BCUT2D eigenvalue weighted by atomic mass is 10.0. The summed E-state index contributed by atoms with van der Waals surface area (Å²) in [7, 11) is 0. The van der Waals surface area contributed by atoms with E-state index in [0.717, 1.165) is 96.3 Å². The molecule has 0 radical (unpaired) electrons. The molecule has 0 aliphatic rings. The zero-order valence-corrected chi connectivity index (χ0v) is 47.9. The summed E-state index contributed by atoms with van der Waals surface area (Å²) in [6, 6.07) is 0. The van der Waals surface area contributed by atoms with Crippen LogP contribution < -0.4 is 0 Å². The van der Waals surface area contributed by atoms with Gasteiger partial charge in [-0.3, -0.25) is 14.4 Å². The molecule has 0 saturated heterocycles. The summed E-state index contributed by atoms with van der Waals surface area (Å²) >= 11 is 0. The van der Waals surface area contributed by atoms with Crippen molar-refractivity contribution >= 4 is 17.9 Å². The molecule has 6 heteroatoms. The van der Waals surface area contributed by atoms with Gasteiger partial charge in [0.1, 0.15) is 13.2 Å². The number of esters is 3. The molecular weight excluding hydrogens is 889 g/mol. The highest BCUT2D eigenvalue weighted by molar-refractivity contribution is 5.71. The molecule has 0 heterocycles. The summed E-state index contributed by atoms with van der Waals surface area (Å²) in [5, 5.41) is 0. The van der Waals surface area contributed by atoms with Crippen LogP contribution in [0, 0.1) is 0 Å². The second-order valence-electron chi connectivity index (χ2n) is 20.9. The van der Waals surface area contributed by atoms with Crippen molar-refractivity contribution in [3.8, 4) is 0 Å². The normalized spacial score (nSPS) is 12.4. The van der Waals surface area contributed by atoms with Crippen LogP contribution in [0.2, 0.25) is 0 Å². The molecule has 0 aliphatic carbocycles. The minimum absolute atomic E-state index is 0.0841. The maximum atomic E-state index is 12.9. The first-order valence-corrected chi connectivity index (χ1v) is 31.3. The molecule has 0 rings (SSSR count). The van der Waals surface area contributed by atoms with E-state index < -0.39 is 6.10 Å². The fourth-order valence-corrected chi connectivity index (χ4v) is 9.08. The van der Waals surface area contributed by atoms with Gasteiger partial charge in [0.15, 0.2) is 6.10 Å². The van der Waals surface area contributed by atoms with Gasteiger partial charge in [-0.2, -0.15) is 0 Å². The summed E-state index contributed by atoms with van der Waals surface area (Å²) in [6.07, 6.45) is 76.6.